The van der Waals surface area contributed by atoms with Gasteiger partial charge in [-0.25, -0.2) is 0 Å². The number of hydrogen-bond acceptors (Lipinski definition) is 2. The van der Waals surface area contributed by atoms with Crippen LogP contribution in [0, 0.1) is 0 Å². The van der Waals surface area contributed by atoms with E-state index in [1.807, 2.05) is 0 Å². The Morgan fingerprint density at radius 3 is 2.50 bits per heavy atom. The van der Waals surface area contributed by atoms with Gasteiger partial charge in [-0.1, -0.05) is 23.7 Å². The molecule has 0 radical (unpaired) electrons. The lowest BCUT2D eigenvalue weighted by atomic mass is 10.2. The second-order valence-corrected chi connectivity index (χ2v) is 3.43. The summed E-state index contributed by atoms with van der Waals surface area (Å²) in [7, 11) is 0. The fourth-order valence-corrected chi connectivity index (χ4v) is 1.09. The van der Waals surface area contributed by atoms with Gasteiger partial charge in [-0.2, -0.15) is 0 Å². The lowest BCUT2D eigenvalue weighted by Crippen LogP contribution is -2.27. The van der Waals surface area contributed by atoms with E-state index in [0.29, 0.717) is 5.02 Å². The predicted octanol–water partition coefficient (Wildman–Crippen LogP) is 1.55. The lowest BCUT2D eigenvalue weighted by molar-refractivity contribution is -0.137. The highest BCUT2D eigenvalue weighted by Crippen LogP contribution is 2.10. The number of carbonyl (C=O) groups is 2. The highest BCUT2D eigenvalue weighted by atomic mass is 35.5. The molecule has 0 unspecified atom stereocenters. The Morgan fingerprint density at radius 1 is 1.31 bits per heavy atom. The Balaban J connectivity index is 2.50. The summed E-state index contributed by atoms with van der Waals surface area (Å²) < 4.78 is 0. The second kappa shape index (κ2) is 5.92. The Morgan fingerprint density at radius 2 is 1.94 bits per heavy atom. The van der Waals surface area contributed by atoms with Gasteiger partial charge in [0.2, 0.25) is 5.91 Å². The number of amides is 1. The van der Waals surface area contributed by atoms with Crippen molar-refractivity contribution in [3.8, 4) is 0 Å². The summed E-state index contributed by atoms with van der Waals surface area (Å²) in [6, 6.07) is 6.92. The van der Waals surface area contributed by atoms with Gasteiger partial charge in [-0.05, 0) is 23.8 Å². The Bertz CT molecular complexity index is 412. The molecule has 0 saturated heterocycles. The number of carbonyl (C=O) groups excluding carboxylic acids is 1. The number of rotatable bonds is 4. The third kappa shape index (κ3) is 4.61. The average Bonchev–Trinajstić information content (AvgIpc) is 2.25. The largest absolute Gasteiger partial charge is 0.480 e. The second-order valence-electron chi connectivity index (χ2n) is 3.00. The fourth-order valence-electron chi connectivity index (χ4n) is 0.967. The molecular weight excluding hydrogens is 230 g/mol. The van der Waals surface area contributed by atoms with Crippen molar-refractivity contribution in [2.45, 2.75) is 0 Å². The van der Waals surface area contributed by atoms with Crippen LogP contribution in [0.4, 0.5) is 0 Å². The van der Waals surface area contributed by atoms with Gasteiger partial charge in [-0.15, -0.1) is 0 Å². The number of carboxylic acids is 1. The number of aliphatic carboxylic acids is 1. The third-order valence-corrected chi connectivity index (χ3v) is 1.96. The van der Waals surface area contributed by atoms with E-state index in [-0.39, 0.29) is 6.54 Å². The van der Waals surface area contributed by atoms with E-state index in [2.05, 4.69) is 5.32 Å². The average molecular weight is 240 g/mol. The van der Waals surface area contributed by atoms with Crippen molar-refractivity contribution < 1.29 is 14.7 Å². The number of nitrogens with one attached hydrogen (secondary N) is 1. The molecular formula is C11H10ClNO3. The maximum Gasteiger partial charge on any atom is 0.322 e. The minimum Gasteiger partial charge on any atom is -0.480 e. The van der Waals surface area contributed by atoms with E-state index in [0.717, 1.165) is 5.56 Å². The molecule has 2 N–H and O–H groups in total. The molecule has 16 heavy (non-hydrogen) atoms. The molecule has 0 aliphatic heterocycles. The van der Waals surface area contributed by atoms with Crippen LogP contribution in [-0.2, 0) is 9.59 Å². The normalized spacial score (nSPS) is 10.3. The molecule has 5 heteroatoms. The van der Waals surface area contributed by atoms with Crippen LogP contribution in [0.5, 0.6) is 0 Å². The number of halogens is 1. The monoisotopic (exact) mass is 239 g/mol. The van der Waals surface area contributed by atoms with Crippen LogP contribution in [0.25, 0.3) is 6.08 Å². The van der Waals surface area contributed by atoms with E-state index in [9.17, 15) is 9.59 Å². The van der Waals surface area contributed by atoms with Gasteiger partial charge in [0.25, 0.3) is 0 Å². The van der Waals surface area contributed by atoms with Crippen molar-refractivity contribution >= 4 is 29.6 Å². The lowest BCUT2D eigenvalue weighted by Gasteiger charge is -1.96. The van der Waals surface area contributed by atoms with Gasteiger partial charge in [0.1, 0.15) is 6.54 Å². The van der Waals surface area contributed by atoms with Crippen LogP contribution in [0.3, 0.4) is 0 Å². The molecule has 0 saturated carbocycles. The van der Waals surface area contributed by atoms with Crippen molar-refractivity contribution in [3.05, 3.63) is 40.9 Å². The van der Waals surface area contributed by atoms with Crippen LogP contribution in [0.1, 0.15) is 5.56 Å². The molecule has 84 valence electrons. The fraction of sp³-hybridized carbons (Fsp3) is 0.0909. The number of benzene rings is 1. The van der Waals surface area contributed by atoms with Gasteiger partial charge >= 0.3 is 5.97 Å². The molecule has 0 atom stereocenters. The van der Waals surface area contributed by atoms with Gasteiger partial charge in [0.05, 0.1) is 0 Å². The van der Waals surface area contributed by atoms with Crippen molar-refractivity contribution in [2.24, 2.45) is 0 Å². The molecule has 0 bridgehead atoms. The summed E-state index contributed by atoms with van der Waals surface area (Å²) in [6.45, 7) is -0.385. The highest BCUT2D eigenvalue weighted by Gasteiger charge is 1.98. The van der Waals surface area contributed by atoms with Crippen molar-refractivity contribution in [2.75, 3.05) is 6.54 Å². The molecule has 0 aliphatic rings. The molecule has 1 aromatic rings. The molecule has 1 aromatic carbocycles. The zero-order valence-corrected chi connectivity index (χ0v) is 9.07. The Hall–Kier alpha value is -1.81. The first-order chi connectivity index (χ1) is 7.58. The van der Waals surface area contributed by atoms with Gasteiger partial charge in [0, 0.05) is 11.1 Å². The maximum atomic E-state index is 11.1. The smallest absolute Gasteiger partial charge is 0.322 e. The zero-order chi connectivity index (χ0) is 12.0. The quantitative estimate of drug-likeness (QED) is 0.784. The van der Waals surface area contributed by atoms with Crippen LogP contribution in [-0.4, -0.2) is 23.5 Å². The van der Waals surface area contributed by atoms with E-state index < -0.39 is 11.9 Å². The van der Waals surface area contributed by atoms with Gasteiger partial charge in [-0.3, -0.25) is 9.59 Å². The SMILES string of the molecule is O=C(O)CNC(=O)C=Cc1ccc(Cl)cc1. The first-order valence-electron chi connectivity index (χ1n) is 4.51. The van der Waals surface area contributed by atoms with Crippen LogP contribution >= 0.6 is 11.6 Å². The molecule has 0 spiro atoms. The number of hydrogen-bond donors (Lipinski definition) is 2. The number of carboxylic acid groups (broad SMARTS) is 1. The van der Waals surface area contributed by atoms with Crippen LogP contribution in [0.2, 0.25) is 5.02 Å². The van der Waals surface area contributed by atoms with Gasteiger partial charge < -0.3 is 10.4 Å². The molecule has 4 nitrogen and oxygen atoms in total. The summed E-state index contributed by atoms with van der Waals surface area (Å²) in [5.74, 6) is -1.52. The van der Waals surface area contributed by atoms with Crippen LogP contribution in [0.15, 0.2) is 30.3 Å². The first-order valence-corrected chi connectivity index (χ1v) is 4.89. The topological polar surface area (TPSA) is 66.4 Å². The predicted molar refractivity (Wildman–Crippen MR) is 61.1 cm³/mol. The molecule has 0 fully saturated rings. The maximum absolute atomic E-state index is 11.1. The van der Waals surface area contributed by atoms with E-state index in [4.69, 9.17) is 16.7 Å². The molecule has 0 aliphatic carbocycles. The summed E-state index contributed by atoms with van der Waals surface area (Å²) >= 11 is 5.69. The van der Waals surface area contributed by atoms with Crippen molar-refractivity contribution in [1.29, 1.82) is 0 Å². The molecule has 0 heterocycles. The van der Waals surface area contributed by atoms with Crippen molar-refractivity contribution in [3.63, 3.8) is 0 Å². The van der Waals surface area contributed by atoms with E-state index >= 15 is 0 Å². The summed E-state index contributed by atoms with van der Waals surface area (Å²) in [5.41, 5.74) is 0.815. The highest BCUT2D eigenvalue weighted by molar-refractivity contribution is 6.30. The minimum absolute atomic E-state index is 0.385. The molecule has 1 amide bonds. The summed E-state index contributed by atoms with van der Waals surface area (Å²) in [6.07, 6.45) is 2.85. The molecule has 1 rings (SSSR count). The zero-order valence-electron chi connectivity index (χ0n) is 8.31. The minimum atomic E-state index is -1.08. The van der Waals surface area contributed by atoms with Gasteiger partial charge in [0.15, 0.2) is 0 Å². The van der Waals surface area contributed by atoms with Crippen molar-refractivity contribution in [1.82, 2.24) is 5.32 Å². The Labute approximate surface area is 97.5 Å². The van der Waals surface area contributed by atoms with E-state index in [1.165, 1.54) is 6.08 Å². The Kier molecular flexibility index (Phi) is 4.54. The summed E-state index contributed by atoms with van der Waals surface area (Å²) in [5, 5.41) is 11.2. The standard InChI is InChI=1S/C11H10ClNO3/c12-9-4-1-8(2-5-9)3-6-10(14)13-7-11(15)16/h1-6H,7H2,(H,13,14)(H,15,16). The first kappa shape index (κ1) is 12.3. The molecule has 0 aromatic heterocycles. The summed E-state index contributed by atoms with van der Waals surface area (Å²) in [4.78, 5) is 21.3. The van der Waals surface area contributed by atoms with Crippen LogP contribution < -0.4 is 5.32 Å². The van der Waals surface area contributed by atoms with E-state index in [1.54, 1.807) is 30.3 Å². The third-order valence-electron chi connectivity index (χ3n) is 1.71.